The van der Waals surface area contributed by atoms with Crippen molar-refractivity contribution in [1.29, 1.82) is 0 Å². The third kappa shape index (κ3) is 3.38. The molecule has 0 atom stereocenters. The zero-order chi connectivity index (χ0) is 7.72. The third-order valence-corrected chi connectivity index (χ3v) is 2.14. The van der Waals surface area contributed by atoms with E-state index in [0.717, 1.165) is 4.90 Å². The third-order valence-electron chi connectivity index (χ3n) is 1.90. The fourth-order valence-electron chi connectivity index (χ4n) is 0.996. The molecule has 0 saturated heterocycles. The van der Waals surface area contributed by atoms with Gasteiger partial charge in [-0.1, -0.05) is 12.1 Å². The maximum absolute atomic E-state index is 5.05. The van der Waals surface area contributed by atoms with Crippen molar-refractivity contribution in [2.75, 3.05) is 0 Å². The van der Waals surface area contributed by atoms with Gasteiger partial charge in [-0.05, 0) is 37.5 Å². The molecule has 1 aromatic carbocycles. The Labute approximate surface area is 133 Å². The van der Waals surface area contributed by atoms with Crippen LogP contribution in [0.2, 0.25) is 0 Å². The molecule has 0 radical (unpaired) electrons. The summed E-state index contributed by atoms with van der Waals surface area (Å²) in [5.41, 5.74) is 3.95. The summed E-state index contributed by atoms with van der Waals surface area (Å²) in [5.74, 6) is 0. The molecule has 0 aromatic heterocycles. The zero-order valence-electron chi connectivity index (χ0n) is 7.56. The summed E-state index contributed by atoms with van der Waals surface area (Å²) in [6.07, 6.45) is 0. The van der Waals surface area contributed by atoms with Crippen LogP contribution in [0.5, 0.6) is 0 Å². The van der Waals surface area contributed by atoms with Gasteiger partial charge in [0.05, 0.1) is 0 Å². The van der Waals surface area contributed by atoms with Crippen LogP contribution in [0.1, 0.15) is 16.7 Å². The van der Waals surface area contributed by atoms with Crippen molar-refractivity contribution in [3.8, 4) is 0 Å². The Kier molecular flexibility index (Phi) is 5.99. The van der Waals surface area contributed by atoms with Gasteiger partial charge in [-0.2, -0.15) is 4.90 Å². The van der Waals surface area contributed by atoms with E-state index in [-0.39, 0.29) is 68.9 Å². The Morgan fingerprint density at radius 2 is 1.36 bits per heavy atom. The van der Waals surface area contributed by atoms with Crippen LogP contribution in [0.4, 0.5) is 0 Å². The van der Waals surface area contributed by atoms with Crippen molar-refractivity contribution >= 4 is 12.6 Å². The fraction of sp³-hybridized carbons (Fsp3) is 0.333. The Morgan fingerprint density at radius 1 is 1.00 bits per heavy atom. The number of hydrogen-bond acceptors (Lipinski definition) is 1. The molecule has 0 amide bonds. The second kappa shape index (κ2) is 5.27. The molecule has 1 aromatic rings. The standard InChI is InChI=1S/C9H12S.Cs/c1-6-4-9(10)5-7(2)8(6)3;/h4-5,10H,1-3H3;/q;+1/p-1. The fourth-order valence-corrected chi connectivity index (χ4v) is 1.35. The van der Waals surface area contributed by atoms with Crippen LogP contribution in [0.3, 0.4) is 0 Å². The minimum atomic E-state index is 0. The first-order valence-corrected chi connectivity index (χ1v) is 3.77. The van der Waals surface area contributed by atoms with E-state index in [2.05, 4.69) is 20.8 Å². The largest absolute Gasteiger partial charge is 1.00 e. The second-order valence-electron chi connectivity index (χ2n) is 2.68. The topological polar surface area (TPSA) is 0 Å². The monoisotopic (exact) mass is 284 g/mol. The molecule has 11 heavy (non-hydrogen) atoms. The first-order valence-electron chi connectivity index (χ1n) is 3.36. The molecule has 0 nitrogen and oxygen atoms in total. The van der Waals surface area contributed by atoms with Gasteiger partial charge in [0.1, 0.15) is 0 Å². The van der Waals surface area contributed by atoms with Crippen molar-refractivity contribution in [2.24, 2.45) is 0 Å². The smallest absolute Gasteiger partial charge is 0.780 e. The van der Waals surface area contributed by atoms with Gasteiger partial charge in [-0.3, -0.25) is 0 Å². The Morgan fingerprint density at radius 3 is 1.73 bits per heavy atom. The van der Waals surface area contributed by atoms with E-state index in [0.29, 0.717) is 0 Å². The van der Waals surface area contributed by atoms with E-state index in [1.807, 2.05) is 12.1 Å². The second-order valence-corrected chi connectivity index (χ2v) is 3.15. The molecule has 0 spiro atoms. The normalized spacial score (nSPS) is 9.00. The van der Waals surface area contributed by atoms with E-state index in [9.17, 15) is 0 Å². The van der Waals surface area contributed by atoms with Crippen molar-refractivity contribution in [1.82, 2.24) is 0 Å². The van der Waals surface area contributed by atoms with E-state index < -0.39 is 0 Å². The maximum Gasteiger partial charge on any atom is 1.00 e. The molecule has 0 heterocycles. The Balaban J connectivity index is 0.000001000. The van der Waals surface area contributed by atoms with Crippen LogP contribution in [0, 0.1) is 20.8 Å². The average molecular weight is 284 g/mol. The summed E-state index contributed by atoms with van der Waals surface area (Å²) < 4.78 is 0. The summed E-state index contributed by atoms with van der Waals surface area (Å²) in [6.45, 7) is 6.32. The first-order chi connectivity index (χ1) is 4.61. The van der Waals surface area contributed by atoms with Crippen LogP contribution < -0.4 is 68.9 Å². The van der Waals surface area contributed by atoms with E-state index in [1.165, 1.54) is 16.7 Å². The van der Waals surface area contributed by atoms with Crippen molar-refractivity contribution in [3.63, 3.8) is 0 Å². The van der Waals surface area contributed by atoms with Crippen molar-refractivity contribution < 1.29 is 68.9 Å². The summed E-state index contributed by atoms with van der Waals surface area (Å²) in [6, 6.07) is 4.08. The van der Waals surface area contributed by atoms with E-state index in [4.69, 9.17) is 12.6 Å². The Hall–Kier alpha value is 1.49. The first kappa shape index (κ1) is 12.5. The van der Waals surface area contributed by atoms with Crippen LogP contribution in [-0.4, -0.2) is 0 Å². The van der Waals surface area contributed by atoms with E-state index >= 15 is 0 Å². The Bertz CT molecular complexity index is 233. The van der Waals surface area contributed by atoms with Crippen LogP contribution >= 0.6 is 0 Å². The molecule has 0 aliphatic heterocycles. The van der Waals surface area contributed by atoms with Gasteiger partial charge in [-0.25, -0.2) is 0 Å². The number of benzene rings is 1. The minimum Gasteiger partial charge on any atom is -0.780 e. The van der Waals surface area contributed by atoms with Crippen molar-refractivity contribution in [2.45, 2.75) is 25.7 Å². The molecule has 0 bridgehead atoms. The number of aryl methyl sites for hydroxylation is 2. The zero-order valence-corrected chi connectivity index (χ0v) is 14.7. The minimum absolute atomic E-state index is 0. The average Bonchev–Trinajstić information content (AvgIpc) is 1.82. The molecule has 0 aliphatic carbocycles. The van der Waals surface area contributed by atoms with Gasteiger partial charge in [-0.15, -0.1) is 0 Å². The SMILES string of the molecule is Cc1cc([S-])cc(C)c1C.[Cs+]. The van der Waals surface area contributed by atoms with E-state index in [1.54, 1.807) is 0 Å². The molecule has 0 fully saturated rings. The molecular weight excluding hydrogens is 273 g/mol. The van der Waals surface area contributed by atoms with Gasteiger partial charge < -0.3 is 12.6 Å². The van der Waals surface area contributed by atoms with Gasteiger partial charge in [0.25, 0.3) is 0 Å². The summed E-state index contributed by atoms with van der Waals surface area (Å²) >= 11 is 5.05. The number of hydrogen-bond donors (Lipinski definition) is 0. The molecule has 0 saturated carbocycles. The summed E-state index contributed by atoms with van der Waals surface area (Å²) in [7, 11) is 0. The van der Waals surface area contributed by atoms with Gasteiger partial charge >= 0.3 is 68.9 Å². The molecule has 2 heteroatoms. The molecule has 0 aliphatic rings. The molecular formula is C9H11CsS. The van der Waals surface area contributed by atoms with Crippen LogP contribution in [0.15, 0.2) is 17.0 Å². The predicted molar refractivity (Wildman–Crippen MR) is 46.3 cm³/mol. The summed E-state index contributed by atoms with van der Waals surface area (Å²) in [5, 5.41) is 0. The maximum atomic E-state index is 5.05. The molecule has 54 valence electrons. The van der Waals surface area contributed by atoms with Crippen LogP contribution in [0.25, 0.3) is 0 Å². The van der Waals surface area contributed by atoms with Crippen molar-refractivity contribution in [3.05, 3.63) is 28.8 Å². The molecule has 0 N–H and O–H groups in total. The summed E-state index contributed by atoms with van der Waals surface area (Å²) in [4.78, 5) is 0.945. The molecule has 0 unspecified atom stereocenters. The molecule has 1 rings (SSSR count). The van der Waals surface area contributed by atoms with Gasteiger partial charge in [0.2, 0.25) is 0 Å². The number of rotatable bonds is 0. The van der Waals surface area contributed by atoms with Crippen LogP contribution in [-0.2, 0) is 12.6 Å². The predicted octanol–water partition coefficient (Wildman–Crippen LogP) is -0.478. The van der Waals surface area contributed by atoms with Gasteiger partial charge in [0.15, 0.2) is 0 Å². The quantitative estimate of drug-likeness (QED) is 0.580. The van der Waals surface area contributed by atoms with Gasteiger partial charge in [0, 0.05) is 0 Å².